The number of hydrogen-bond acceptors (Lipinski definition) is 3. The molecule has 2 amide bonds. The Morgan fingerprint density at radius 3 is 2.40 bits per heavy atom. The van der Waals surface area contributed by atoms with Crippen molar-refractivity contribution in [3.05, 3.63) is 47.5 Å². The van der Waals surface area contributed by atoms with Crippen LogP contribution in [0.15, 0.2) is 42.0 Å². The lowest BCUT2D eigenvalue weighted by Crippen LogP contribution is -2.37. The van der Waals surface area contributed by atoms with Crippen LogP contribution in [0.2, 0.25) is 0 Å². The highest BCUT2D eigenvalue weighted by Crippen LogP contribution is 2.29. The fourth-order valence-corrected chi connectivity index (χ4v) is 2.76. The summed E-state index contributed by atoms with van der Waals surface area (Å²) in [5, 5.41) is 1.99. The largest absolute Gasteiger partial charge is 0.496 e. The lowest BCUT2D eigenvalue weighted by Gasteiger charge is -2.19. The maximum Gasteiger partial charge on any atom is 0.255 e. The zero-order chi connectivity index (χ0) is 18.6. The second kappa shape index (κ2) is 7.97. The quantitative estimate of drug-likeness (QED) is 0.764. The molecular formula is C21H25NO3. The predicted octanol–water partition coefficient (Wildman–Crippen LogP) is 4.28. The van der Waals surface area contributed by atoms with Crippen molar-refractivity contribution < 1.29 is 14.3 Å². The number of likely N-dealkylation sites (N-methyl/N-ethyl adjacent to an activating group) is 1. The molecule has 0 aliphatic rings. The maximum atomic E-state index is 12.6. The Morgan fingerprint density at radius 1 is 1.16 bits per heavy atom. The molecule has 4 nitrogen and oxygen atoms in total. The molecule has 2 aromatic carbocycles. The van der Waals surface area contributed by atoms with Crippen molar-refractivity contribution in [3.8, 4) is 5.75 Å². The van der Waals surface area contributed by atoms with E-state index in [1.807, 2.05) is 56.3 Å². The molecule has 2 aromatic rings. The van der Waals surface area contributed by atoms with Crippen LogP contribution in [0.4, 0.5) is 0 Å². The van der Waals surface area contributed by atoms with E-state index in [1.165, 1.54) is 4.90 Å². The minimum absolute atomic E-state index is 0.153. The van der Waals surface area contributed by atoms with Crippen LogP contribution in [-0.2, 0) is 9.59 Å². The van der Waals surface area contributed by atoms with Gasteiger partial charge in [0.05, 0.1) is 7.11 Å². The number of amides is 2. The van der Waals surface area contributed by atoms with E-state index in [1.54, 1.807) is 21.1 Å². The first-order valence-corrected chi connectivity index (χ1v) is 8.46. The second-order valence-corrected chi connectivity index (χ2v) is 6.24. The summed E-state index contributed by atoms with van der Waals surface area (Å²) >= 11 is 0. The number of hydrogen-bond donors (Lipinski definition) is 0. The van der Waals surface area contributed by atoms with Crippen molar-refractivity contribution >= 4 is 28.7 Å². The first kappa shape index (κ1) is 18.7. The van der Waals surface area contributed by atoms with Crippen LogP contribution in [0.5, 0.6) is 5.75 Å². The molecule has 2 rings (SSSR count). The predicted molar refractivity (Wildman–Crippen MR) is 101 cm³/mol. The summed E-state index contributed by atoms with van der Waals surface area (Å²) < 4.78 is 5.40. The highest BCUT2D eigenvalue weighted by molar-refractivity contribution is 6.07. The standard InChI is InChI=1S/C21H25NO3/c1-6-14(2)20(23)22(4)21(24)15(3)13-16-11-12-19(25-5)18-10-8-7-9-17(16)18/h7-14H,6H2,1-5H3/b15-13-. The van der Waals surface area contributed by atoms with Gasteiger partial charge in [-0.3, -0.25) is 14.5 Å². The van der Waals surface area contributed by atoms with Gasteiger partial charge in [-0.15, -0.1) is 0 Å². The lowest BCUT2D eigenvalue weighted by atomic mass is 10.0. The normalized spacial score (nSPS) is 12.8. The number of benzene rings is 2. The van der Waals surface area contributed by atoms with Crippen molar-refractivity contribution in [2.75, 3.05) is 14.2 Å². The van der Waals surface area contributed by atoms with Crippen LogP contribution in [0.3, 0.4) is 0 Å². The van der Waals surface area contributed by atoms with Gasteiger partial charge in [-0.2, -0.15) is 0 Å². The van der Waals surface area contributed by atoms with Gasteiger partial charge in [0.15, 0.2) is 0 Å². The average molecular weight is 339 g/mol. The minimum Gasteiger partial charge on any atom is -0.496 e. The van der Waals surface area contributed by atoms with E-state index in [4.69, 9.17) is 4.74 Å². The molecule has 0 N–H and O–H groups in total. The van der Waals surface area contributed by atoms with E-state index in [9.17, 15) is 9.59 Å². The third-order valence-electron chi connectivity index (χ3n) is 4.52. The first-order chi connectivity index (χ1) is 11.9. The van der Waals surface area contributed by atoms with Gasteiger partial charge in [-0.25, -0.2) is 0 Å². The molecule has 4 heteroatoms. The molecular weight excluding hydrogens is 314 g/mol. The van der Waals surface area contributed by atoms with E-state index in [0.717, 1.165) is 22.1 Å². The van der Waals surface area contributed by atoms with Crippen molar-refractivity contribution in [2.45, 2.75) is 27.2 Å². The number of nitrogens with zero attached hydrogens (tertiary/aromatic N) is 1. The van der Waals surface area contributed by atoms with E-state index in [0.29, 0.717) is 12.0 Å². The molecule has 0 spiro atoms. The molecule has 0 bridgehead atoms. The van der Waals surface area contributed by atoms with Crippen LogP contribution in [-0.4, -0.2) is 30.9 Å². The highest BCUT2D eigenvalue weighted by Gasteiger charge is 2.22. The number of methoxy groups -OCH3 is 1. The van der Waals surface area contributed by atoms with Crippen LogP contribution in [0, 0.1) is 5.92 Å². The van der Waals surface area contributed by atoms with Gasteiger partial charge >= 0.3 is 0 Å². The Hall–Kier alpha value is -2.62. The van der Waals surface area contributed by atoms with Crippen LogP contribution in [0.1, 0.15) is 32.8 Å². The van der Waals surface area contributed by atoms with E-state index >= 15 is 0 Å². The van der Waals surface area contributed by atoms with Crippen LogP contribution >= 0.6 is 0 Å². The molecule has 0 fully saturated rings. The number of ether oxygens (including phenoxy) is 1. The summed E-state index contributed by atoms with van der Waals surface area (Å²) in [6.45, 7) is 5.51. The summed E-state index contributed by atoms with van der Waals surface area (Å²) in [7, 11) is 3.18. The lowest BCUT2D eigenvalue weighted by molar-refractivity contribution is -0.143. The average Bonchev–Trinajstić information content (AvgIpc) is 2.65. The van der Waals surface area contributed by atoms with Crippen molar-refractivity contribution in [3.63, 3.8) is 0 Å². The molecule has 132 valence electrons. The SMILES string of the molecule is CCC(C)C(=O)N(C)C(=O)/C(C)=C\c1ccc(OC)c2ccccc12. The molecule has 0 heterocycles. The molecule has 1 unspecified atom stereocenters. The number of carbonyl (C=O) groups excluding carboxylic acids is 2. The zero-order valence-corrected chi connectivity index (χ0v) is 15.5. The molecule has 25 heavy (non-hydrogen) atoms. The molecule has 0 saturated heterocycles. The van der Waals surface area contributed by atoms with Gasteiger partial charge in [-0.1, -0.05) is 44.2 Å². The maximum absolute atomic E-state index is 12.6. The fourth-order valence-electron chi connectivity index (χ4n) is 2.76. The van der Waals surface area contributed by atoms with E-state index in [-0.39, 0.29) is 17.7 Å². The van der Waals surface area contributed by atoms with E-state index < -0.39 is 0 Å². The smallest absolute Gasteiger partial charge is 0.255 e. The molecule has 1 atom stereocenters. The molecule has 0 radical (unpaired) electrons. The van der Waals surface area contributed by atoms with Gasteiger partial charge in [0.25, 0.3) is 5.91 Å². The number of imide groups is 1. The van der Waals surface area contributed by atoms with Gasteiger partial charge in [0, 0.05) is 23.9 Å². The van der Waals surface area contributed by atoms with Crippen LogP contribution < -0.4 is 4.74 Å². The third-order valence-corrected chi connectivity index (χ3v) is 4.52. The summed E-state index contributed by atoms with van der Waals surface area (Å²) in [6, 6.07) is 11.7. The summed E-state index contributed by atoms with van der Waals surface area (Å²) in [6.07, 6.45) is 2.53. The Balaban J connectivity index is 2.38. The molecule has 0 aromatic heterocycles. The number of carbonyl (C=O) groups is 2. The fraction of sp³-hybridized carbons (Fsp3) is 0.333. The van der Waals surface area contributed by atoms with Crippen molar-refractivity contribution in [2.24, 2.45) is 5.92 Å². The third kappa shape index (κ3) is 3.90. The Kier molecular flexibility index (Phi) is 5.97. The number of rotatable bonds is 5. The molecule has 0 aliphatic heterocycles. The first-order valence-electron chi connectivity index (χ1n) is 8.46. The summed E-state index contributed by atoms with van der Waals surface area (Å²) in [5.41, 5.74) is 1.45. The molecule has 0 saturated carbocycles. The van der Waals surface area contributed by atoms with Gasteiger partial charge in [0.1, 0.15) is 5.75 Å². The van der Waals surface area contributed by atoms with Crippen molar-refractivity contribution in [1.29, 1.82) is 0 Å². The van der Waals surface area contributed by atoms with Crippen molar-refractivity contribution in [1.82, 2.24) is 4.90 Å². The topological polar surface area (TPSA) is 46.6 Å². The highest BCUT2D eigenvalue weighted by atomic mass is 16.5. The molecule has 0 aliphatic carbocycles. The van der Waals surface area contributed by atoms with Gasteiger partial charge in [-0.05, 0) is 36.4 Å². The Bertz CT molecular complexity index is 823. The second-order valence-electron chi connectivity index (χ2n) is 6.24. The zero-order valence-electron chi connectivity index (χ0n) is 15.5. The van der Waals surface area contributed by atoms with Crippen LogP contribution in [0.25, 0.3) is 16.8 Å². The number of fused-ring (bicyclic) bond motifs is 1. The summed E-state index contributed by atoms with van der Waals surface area (Å²) in [4.78, 5) is 26.0. The van der Waals surface area contributed by atoms with E-state index in [2.05, 4.69) is 0 Å². The van der Waals surface area contributed by atoms with Gasteiger partial charge in [0.2, 0.25) is 5.91 Å². The Labute approximate surface area is 149 Å². The minimum atomic E-state index is -0.273. The monoisotopic (exact) mass is 339 g/mol. The van der Waals surface area contributed by atoms with Gasteiger partial charge < -0.3 is 4.74 Å². The summed E-state index contributed by atoms with van der Waals surface area (Å²) in [5.74, 6) is 0.203. The Morgan fingerprint density at radius 2 is 1.80 bits per heavy atom.